The second-order valence-electron chi connectivity index (χ2n) is 6.29. The number of piperidine rings is 1. The van der Waals surface area contributed by atoms with Gasteiger partial charge in [0, 0.05) is 31.2 Å². The fraction of sp³-hybridized carbons (Fsp3) is 0.647. The summed E-state index contributed by atoms with van der Waals surface area (Å²) in [5.74, 6) is 2.40. The Bertz CT molecular complexity index is 574. The molecule has 4 N–H and O–H groups in total. The number of primary amides is 1. The van der Waals surface area contributed by atoms with Gasteiger partial charge < -0.3 is 20.8 Å². The Morgan fingerprint density at radius 1 is 1.42 bits per heavy atom. The summed E-state index contributed by atoms with van der Waals surface area (Å²) < 4.78 is 5.55. The maximum Gasteiger partial charge on any atom is 0.231 e. The van der Waals surface area contributed by atoms with Gasteiger partial charge in [0.05, 0.1) is 13.1 Å². The highest BCUT2D eigenvalue weighted by atomic mass is 16.3. The maximum absolute atomic E-state index is 11.0. The van der Waals surface area contributed by atoms with Gasteiger partial charge in [-0.2, -0.15) is 0 Å². The van der Waals surface area contributed by atoms with Gasteiger partial charge in [-0.1, -0.05) is 0 Å². The number of guanidine groups is 1. The van der Waals surface area contributed by atoms with Crippen molar-refractivity contribution in [3.05, 3.63) is 23.2 Å². The lowest BCUT2D eigenvalue weighted by Gasteiger charge is -2.32. The van der Waals surface area contributed by atoms with Crippen molar-refractivity contribution in [3.8, 4) is 0 Å². The summed E-state index contributed by atoms with van der Waals surface area (Å²) in [7, 11) is 0. The Labute approximate surface area is 143 Å². The molecule has 24 heavy (non-hydrogen) atoms. The number of aryl methyl sites for hydroxylation is 2. The number of likely N-dealkylation sites (tertiary alicyclic amines) is 1. The highest BCUT2D eigenvalue weighted by molar-refractivity contribution is 5.80. The zero-order chi connectivity index (χ0) is 17.5. The van der Waals surface area contributed by atoms with E-state index >= 15 is 0 Å². The predicted molar refractivity (Wildman–Crippen MR) is 94.8 cm³/mol. The Kier molecular flexibility index (Phi) is 6.66. The van der Waals surface area contributed by atoms with E-state index in [2.05, 4.69) is 27.4 Å². The van der Waals surface area contributed by atoms with Crippen molar-refractivity contribution in [1.82, 2.24) is 15.5 Å². The normalized spacial score (nSPS) is 17.0. The lowest BCUT2D eigenvalue weighted by molar-refractivity contribution is -0.119. The van der Waals surface area contributed by atoms with Crippen LogP contribution in [0.5, 0.6) is 0 Å². The molecule has 2 heterocycles. The molecule has 1 fully saturated rings. The standard InChI is InChI=1S/C17H29N5O2/c1-4-19-17(20-10-14-9-12(2)24-13(14)3)21-15-5-7-22(8-6-15)11-16(18)23/h9,15H,4-8,10-11H2,1-3H3,(H2,18,23)(H2,19,20,21). The molecule has 7 nitrogen and oxygen atoms in total. The molecule has 1 amide bonds. The van der Waals surface area contributed by atoms with Crippen LogP contribution in [-0.2, 0) is 11.3 Å². The SMILES string of the molecule is CCNC(=NCc1cc(C)oc1C)NC1CCN(CC(N)=O)CC1. The van der Waals surface area contributed by atoms with E-state index in [1.165, 1.54) is 0 Å². The molecule has 2 rings (SSSR count). The third kappa shape index (κ3) is 5.56. The largest absolute Gasteiger partial charge is 0.466 e. The zero-order valence-corrected chi connectivity index (χ0v) is 14.9. The zero-order valence-electron chi connectivity index (χ0n) is 14.9. The third-order valence-electron chi connectivity index (χ3n) is 4.20. The fourth-order valence-electron chi connectivity index (χ4n) is 2.97. The molecular formula is C17H29N5O2. The molecule has 1 aliphatic rings. The van der Waals surface area contributed by atoms with Crippen LogP contribution < -0.4 is 16.4 Å². The van der Waals surface area contributed by atoms with Gasteiger partial charge in [0.15, 0.2) is 5.96 Å². The van der Waals surface area contributed by atoms with E-state index in [1.54, 1.807) is 0 Å². The molecule has 0 atom stereocenters. The summed E-state index contributed by atoms with van der Waals surface area (Å²) in [6.45, 7) is 9.48. The smallest absolute Gasteiger partial charge is 0.231 e. The van der Waals surface area contributed by atoms with Crippen molar-refractivity contribution in [2.24, 2.45) is 10.7 Å². The average Bonchev–Trinajstić information content (AvgIpc) is 2.84. The van der Waals surface area contributed by atoms with Crippen molar-refractivity contribution >= 4 is 11.9 Å². The number of furan rings is 1. The number of aliphatic imine (C=N–C) groups is 1. The van der Waals surface area contributed by atoms with E-state index in [0.717, 1.165) is 55.5 Å². The third-order valence-corrected chi connectivity index (χ3v) is 4.20. The van der Waals surface area contributed by atoms with Gasteiger partial charge in [-0.05, 0) is 39.7 Å². The number of nitrogens with two attached hydrogens (primary N) is 1. The Morgan fingerprint density at radius 3 is 2.67 bits per heavy atom. The van der Waals surface area contributed by atoms with E-state index in [1.807, 2.05) is 19.9 Å². The molecule has 0 radical (unpaired) electrons. The first-order valence-corrected chi connectivity index (χ1v) is 8.59. The first-order valence-electron chi connectivity index (χ1n) is 8.59. The second kappa shape index (κ2) is 8.73. The van der Waals surface area contributed by atoms with Gasteiger partial charge in [-0.15, -0.1) is 0 Å². The Balaban J connectivity index is 1.88. The molecule has 0 spiro atoms. The molecular weight excluding hydrogens is 306 g/mol. The molecule has 1 aromatic heterocycles. The Morgan fingerprint density at radius 2 is 2.12 bits per heavy atom. The van der Waals surface area contributed by atoms with Crippen molar-refractivity contribution in [2.45, 2.75) is 46.2 Å². The number of carbonyl (C=O) groups excluding carboxylic acids is 1. The van der Waals surface area contributed by atoms with Crippen LogP contribution in [-0.4, -0.2) is 49.0 Å². The van der Waals surface area contributed by atoms with Gasteiger partial charge in [0.1, 0.15) is 11.5 Å². The van der Waals surface area contributed by atoms with Crippen LogP contribution in [0.4, 0.5) is 0 Å². The minimum Gasteiger partial charge on any atom is -0.466 e. The van der Waals surface area contributed by atoms with E-state index in [9.17, 15) is 4.79 Å². The quantitative estimate of drug-likeness (QED) is 0.530. The van der Waals surface area contributed by atoms with Gasteiger partial charge >= 0.3 is 0 Å². The number of amides is 1. The predicted octanol–water partition coefficient (Wildman–Crippen LogP) is 0.901. The van der Waals surface area contributed by atoms with Gasteiger partial charge in [-0.25, -0.2) is 4.99 Å². The number of rotatable bonds is 6. The van der Waals surface area contributed by atoms with E-state index < -0.39 is 0 Å². The van der Waals surface area contributed by atoms with E-state index in [4.69, 9.17) is 10.2 Å². The number of nitrogens with one attached hydrogen (secondary N) is 2. The van der Waals surface area contributed by atoms with Crippen molar-refractivity contribution in [2.75, 3.05) is 26.2 Å². The lowest BCUT2D eigenvalue weighted by atomic mass is 10.1. The van der Waals surface area contributed by atoms with E-state index in [-0.39, 0.29) is 5.91 Å². The lowest BCUT2D eigenvalue weighted by Crippen LogP contribution is -2.49. The first kappa shape index (κ1) is 18.3. The number of hydrogen-bond acceptors (Lipinski definition) is 4. The average molecular weight is 335 g/mol. The molecule has 0 aliphatic carbocycles. The summed E-state index contributed by atoms with van der Waals surface area (Å²) in [6, 6.07) is 2.39. The van der Waals surface area contributed by atoms with Crippen LogP contribution in [0.25, 0.3) is 0 Å². The van der Waals surface area contributed by atoms with Crippen LogP contribution in [0.3, 0.4) is 0 Å². The monoisotopic (exact) mass is 335 g/mol. The molecule has 0 saturated carbocycles. The molecule has 1 saturated heterocycles. The van der Waals surface area contributed by atoms with Gasteiger partial charge in [-0.3, -0.25) is 9.69 Å². The van der Waals surface area contributed by atoms with Crippen LogP contribution in [0.2, 0.25) is 0 Å². The van der Waals surface area contributed by atoms with Crippen molar-refractivity contribution < 1.29 is 9.21 Å². The van der Waals surface area contributed by atoms with Crippen LogP contribution in [0.1, 0.15) is 36.8 Å². The topological polar surface area (TPSA) is 95.9 Å². The molecule has 0 bridgehead atoms. The maximum atomic E-state index is 11.0. The minimum atomic E-state index is -0.262. The fourth-order valence-corrected chi connectivity index (χ4v) is 2.97. The van der Waals surface area contributed by atoms with Crippen molar-refractivity contribution in [3.63, 3.8) is 0 Å². The molecule has 1 aliphatic heterocycles. The van der Waals surface area contributed by atoms with Gasteiger partial charge in [0.2, 0.25) is 5.91 Å². The molecule has 0 aromatic carbocycles. The highest BCUT2D eigenvalue weighted by Gasteiger charge is 2.20. The number of nitrogens with zero attached hydrogens (tertiary/aromatic N) is 2. The van der Waals surface area contributed by atoms with E-state index in [0.29, 0.717) is 19.1 Å². The first-order chi connectivity index (χ1) is 11.5. The molecule has 7 heteroatoms. The van der Waals surface area contributed by atoms with Crippen LogP contribution in [0.15, 0.2) is 15.5 Å². The van der Waals surface area contributed by atoms with Crippen LogP contribution >= 0.6 is 0 Å². The second-order valence-corrected chi connectivity index (χ2v) is 6.29. The highest BCUT2D eigenvalue weighted by Crippen LogP contribution is 2.14. The summed E-state index contributed by atoms with van der Waals surface area (Å²) in [5, 5.41) is 6.78. The summed E-state index contributed by atoms with van der Waals surface area (Å²) >= 11 is 0. The summed E-state index contributed by atoms with van der Waals surface area (Å²) in [4.78, 5) is 17.8. The Hall–Kier alpha value is -2.02. The van der Waals surface area contributed by atoms with Gasteiger partial charge in [0.25, 0.3) is 0 Å². The number of carbonyl (C=O) groups is 1. The summed E-state index contributed by atoms with van der Waals surface area (Å²) in [5.41, 5.74) is 6.37. The van der Waals surface area contributed by atoms with Crippen LogP contribution in [0, 0.1) is 13.8 Å². The number of hydrogen-bond donors (Lipinski definition) is 3. The minimum absolute atomic E-state index is 0.262. The molecule has 1 aromatic rings. The molecule has 0 unspecified atom stereocenters. The van der Waals surface area contributed by atoms with Crippen molar-refractivity contribution in [1.29, 1.82) is 0 Å². The molecule has 134 valence electrons. The summed E-state index contributed by atoms with van der Waals surface area (Å²) in [6.07, 6.45) is 1.95.